The Hall–Kier alpha value is -2.26. The average Bonchev–Trinajstić information content (AvgIpc) is 3.22. The van der Waals surface area contributed by atoms with Crippen molar-refractivity contribution in [3.63, 3.8) is 0 Å². The summed E-state index contributed by atoms with van der Waals surface area (Å²) >= 11 is 5.94. The van der Waals surface area contributed by atoms with Gasteiger partial charge in [0, 0.05) is 37.0 Å². The van der Waals surface area contributed by atoms with Gasteiger partial charge in [0.1, 0.15) is 5.82 Å². The first-order chi connectivity index (χ1) is 14.9. The van der Waals surface area contributed by atoms with E-state index in [0.717, 1.165) is 0 Å². The van der Waals surface area contributed by atoms with Crippen molar-refractivity contribution in [3.05, 3.63) is 59.5 Å². The first-order valence-electron chi connectivity index (χ1n) is 10.1. The largest absolute Gasteiger partial charge is 0.369 e. The molecule has 162 valence electrons. The molecule has 3 aromatic rings. The number of halogens is 2. The van der Waals surface area contributed by atoms with Crippen molar-refractivity contribution < 1.29 is 27.3 Å². The van der Waals surface area contributed by atoms with Gasteiger partial charge in [-0.15, -0.1) is 0 Å². The number of anilines is 1. The highest BCUT2D eigenvalue weighted by molar-refractivity contribution is 7.91. The summed E-state index contributed by atoms with van der Waals surface area (Å²) in [6.45, 7) is 2.17. The van der Waals surface area contributed by atoms with E-state index >= 15 is 0 Å². The van der Waals surface area contributed by atoms with Crippen molar-refractivity contribution in [2.75, 3.05) is 31.2 Å². The van der Waals surface area contributed by atoms with Crippen LogP contribution in [-0.4, -0.2) is 40.5 Å². The molecule has 3 heterocycles. The number of aromatic nitrogens is 1. The van der Waals surface area contributed by atoms with Crippen molar-refractivity contribution in [1.29, 1.82) is 0 Å². The van der Waals surface area contributed by atoms with Gasteiger partial charge in [-0.2, -0.15) is 0 Å². The third-order valence-electron chi connectivity index (χ3n) is 5.90. The molecule has 2 aliphatic rings. The Morgan fingerprint density at radius 1 is 1.03 bits per heavy atom. The third-order valence-corrected chi connectivity index (χ3v) is 7.93. The van der Waals surface area contributed by atoms with Gasteiger partial charge >= 0.3 is 0 Å². The predicted octanol–water partition coefficient (Wildman–Crippen LogP) is 3.62. The number of hydrogen-bond donors (Lipinski definition) is 0. The van der Waals surface area contributed by atoms with Crippen LogP contribution in [0.5, 0.6) is 0 Å². The van der Waals surface area contributed by atoms with E-state index in [1.807, 2.05) is 4.90 Å². The number of H-pyrrole nitrogens is 1. The highest BCUT2D eigenvalue weighted by atomic mass is 35.5. The monoisotopic (exact) mass is 463 g/mol. The smallest absolute Gasteiger partial charge is 0.214 e. The summed E-state index contributed by atoms with van der Waals surface area (Å²) in [7, 11) is -3.88. The molecule has 9 heteroatoms. The molecule has 2 aliphatic heterocycles. The normalized spacial score (nSPS) is 18.7. The molecule has 0 saturated carbocycles. The van der Waals surface area contributed by atoms with Crippen LogP contribution in [0.15, 0.2) is 58.5 Å². The molecule has 0 unspecified atom stereocenters. The van der Waals surface area contributed by atoms with E-state index in [-0.39, 0.29) is 9.79 Å². The zero-order chi connectivity index (χ0) is 21.6. The second kappa shape index (κ2) is 7.70. The van der Waals surface area contributed by atoms with Gasteiger partial charge in [0.25, 0.3) is 0 Å². The summed E-state index contributed by atoms with van der Waals surface area (Å²) < 4.78 is 52.9. The maximum Gasteiger partial charge on any atom is 0.214 e. The molecule has 5 rings (SSSR count). The number of aromatic amines is 1. The summed E-state index contributed by atoms with van der Waals surface area (Å²) in [5.74, 6) is -1.03. The van der Waals surface area contributed by atoms with E-state index in [9.17, 15) is 12.8 Å². The average molecular weight is 464 g/mol. The van der Waals surface area contributed by atoms with Gasteiger partial charge in [-0.25, -0.2) is 17.8 Å². The molecule has 0 radical (unpaired) electrons. The Labute approximate surface area is 184 Å². The molecule has 0 bridgehead atoms. The Kier molecular flexibility index (Phi) is 5.13. The lowest BCUT2D eigenvalue weighted by atomic mass is 10.0. The van der Waals surface area contributed by atoms with Gasteiger partial charge in [0.15, 0.2) is 16.9 Å². The first-order valence-corrected chi connectivity index (χ1v) is 11.9. The van der Waals surface area contributed by atoms with Gasteiger partial charge in [-0.3, -0.25) is 0 Å². The Balaban J connectivity index is 1.64. The molecule has 2 fully saturated rings. The van der Waals surface area contributed by atoms with Crippen LogP contribution in [0.1, 0.15) is 12.8 Å². The van der Waals surface area contributed by atoms with Gasteiger partial charge in [0.05, 0.1) is 29.2 Å². The summed E-state index contributed by atoms with van der Waals surface area (Å²) in [5.41, 5.74) is 1.14. The third kappa shape index (κ3) is 3.67. The number of nitrogens with one attached hydrogen (secondary N) is 1. The highest BCUT2D eigenvalue weighted by Crippen LogP contribution is 2.39. The minimum Gasteiger partial charge on any atom is -0.369 e. The Morgan fingerprint density at radius 2 is 1.71 bits per heavy atom. The fourth-order valence-corrected chi connectivity index (χ4v) is 5.89. The van der Waals surface area contributed by atoms with Crippen LogP contribution in [0.4, 0.5) is 10.1 Å². The zero-order valence-corrected chi connectivity index (χ0v) is 18.2. The van der Waals surface area contributed by atoms with Gasteiger partial charge in [0.2, 0.25) is 15.4 Å². The van der Waals surface area contributed by atoms with Crippen LogP contribution in [0.3, 0.4) is 0 Å². The number of piperidine rings is 1. The van der Waals surface area contributed by atoms with Crippen LogP contribution >= 0.6 is 11.6 Å². The lowest BCUT2D eigenvalue weighted by Crippen LogP contribution is -2.45. The molecule has 2 aromatic carbocycles. The van der Waals surface area contributed by atoms with Crippen molar-refractivity contribution in [2.45, 2.75) is 28.4 Å². The van der Waals surface area contributed by atoms with Crippen molar-refractivity contribution in [1.82, 2.24) is 0 Å². The van der Waals surface area contributed by atoms with Crippen LogP contribution < -0.4 is 9.88 Å². The van der Waals surface area contributed by atoms with Gasteiger partial charge in [-0.1, -0.05) is 11.6 Å². The van der Waals surface area contributed by atoms with Gasteiger partial charge in [-0.05, 0) is 36.4 Å². The quantitative estimate of drug-likeness (QED) is 0.593. The number of ether oxygens (including phenoxy) is 2. The molecule has 1 aromatic heterocycles. The fourth-order valence-electron chi connectivity index (χ4n) is 4.31. The standard InChI is InChI=1S/C22H20ClFN2O4S/c23-15-1-4-17(5-2-15)31(27,28)20-14-25-19-6-3-16(24)13-18(19)21(20)26-9-7-22(8-10-26)29-11-12-30-22/h1-6,13-14H,7-12H2/p+1. The minimum absolute atomic E-state index is 0.0946. The molecule has 2 saturated heterocycles. The maximum atomic E-state index is 14.2. The maximum absolute atomic E-state index is 14.2. The van der Waals surface area contributed by atoms with Crippen molar-refractivity contribution >= 4 is 38.0 Å². The number of nitrogens with zero attached hydrogens (tertiary/aromatic N) is 1. The highest BCUT2D eigenvalue weighted by Gasteiger charge is 2.41. The van der Waals surface area contributed by atoms with E-state index < -0.39 is 21.4 Å². The first kappa shape index (κ1) is 20.6. The molecular weight excluding hydrogens is 443 g/mol. The van der Waals surface area contributed by atoms with Crippen molar-refractivity contribution in [3.8, 4) is 0 Å². The lowest BCUT2D eigenvalue weighted by molar-refractivity contribution is -0.347. The molecule has 0 amide bonds. The van der Waals surface area contributed by atoms with Crippen LogP contribution in [-0.2, 0) is 19.3 Å². The number of sulfone groups is 1. The fraction of sp³-hybridized carbons (Fsp3) is 0.318. The Bertz CT molecular complexity index is 1230. The van der Waals surface area contributed by atoms with Crippen LogP contribution in [0.2, 0.25) is 5.02 Å². The number of rotatable bonds is 3. The molecule has 1 spiro atoms. The summed E-state index contributed by atoms with van der Waals surface area (Å²) in [4.78, 5) is 5.21. The number of hydrogen-bond acceptors (Lipinski definition) is 5. The SMILES string of the molecule is O=S(=O)(c1ccc(Cl)cc1)c1c[nH+]c2ccc(F)cc2c1N1CCC2(CC1)OCCO2. The summed E-state index contributed by atoms with van der Waals surface area (Å²) in [5, 5.41) is 0.962. The number of pyridine rings is 1. The molecule has 0 atom stereocenters. The number of fused-ring (bicyclic) bond motifs is 1. The summed E-state index contributed by atoms with van der Waals surface area (Å²) in [6, 6.07) is 10.4. The van der Waals surface area contributed by atoms with Crippen LogP contribution in [0, 0.1) is 5.82 Å². The summed E-state index contributed by atoms with van der Waals surface area (Å²) in [6.07, 6.45) is 2.68. The predicted molar refractivity (Wildman–Crippen MR) is 113 cm³/mol. The number of benzene rings is 2. The molecule has 1 N–H and O–H groups in total. The topological polar surface area (TPSA) is 70.0 Å². The zero-order valence-electron chi connectivity index (χ0n) is 16.6. The van der Waals surface area contributed by atoms with E-state index in [0.29, 0.717) is 60.8 Å². The van der Waals surface area contributed by atoms with Gasteiger partial charge < -0.3 is 14.4 Å². The van der Waals surface area contributed by atoms with Crippen LogP contribution in [0.25, 0.3) is 10.9 Å². The van der Waals surface area contributed by atoms with Crippen molar-refractivity contribution in [2.24, 2.45) is 0 Å². The molecule has 6 nitrogen and oxygen atoms in total. The Morgan fingerprint density at radius 3 is 2.39 bits per heavy atom. The lowest BCUT2D eigenvalue weighted by Gasteiger charge is -2.39. The molecule has 0 aliphatic carbocycles. The van der Waals surface area contributed by atoms with E-state index in [1.54, 1.807) is 6.07 Å². The molecule has 31 heavy (non-hydrogen) atoms. The van der Waals surface area contributed by atoms with E-state index in [4.69, 9.17) is 21.1 Å². The second-order valence-electron chi connectivity index (χ2n) is 7.74. The molecular formula is C22H21ClFN2O4S+. The van der Waals surface area contributed by atoms with E-state index in [2.05, 4.69) is 4.98 Å². The minimum atomic E-state index is -3.88. The van der Waals surface area contributed by atoms with E-state index in [1.165, 1.54) is 42.6 Å². The second-order valence-corrected chi connectivity index (χ2v) is 10.1.